The van der Waals surface area contributed by atoms with Gasteiger partial charge in [-0.2, -0.15) is 0 Å². The Kier molecular flexibility index (Phi) is 4.77. The summed E-state index contributed by atoms with van der Waals surface area (Å²) in [5.74, 6) is 0.0660. The van der Waals surface area contributed by atoms with Crippen molar-refractivity contribution in [1.29, 1.82) is 0 Å². The van der Waals surface area contributed by atoms with E-state index in [1.54, 1.807) is 7.11 Å². The van der Waals surface area contributed by atoms with Crippen LogP contribution in [0.1, 0.15) is 12.8 Å². The van der Waals surface area contributed by atoms with E-state index < -0.39 is 5.54 Å². The molecule has 1 fully saturated rings. The molecule has 4 nitrogen and oxygen atoms in total. The minimum Gasteiger partial charge on any atom is -0.468 e. The van der Waals surface area contributed by atoms with E-state index >= 15 is 0 Å². The van der Waals surface area contributed by atoms with Gasteiger partial charge in [-0.15, -0.1) is 11.6 Å². The van der Waals surface area contributed by atoms with Gasteiger partial charge in [-0.05, 0) is 6.42 Å². The van der Waals surface area contributed by atoms with Crippen molar-refractivity contribution in [1.82, 2.24) is 5.32 Å². The number of methoxy groups -OCH3 is 2. The van der Waals surface area contributed by atoms with E-state index in [1.165, 1.54) is 7.11 Å². The van der Waals surface area contributed by atoms with Gasteiger partial charge in [-0.1, -0.05) is 12.2 Å². The highest BCUT2D eigenvalue weighted by Gasteiger charge is 2.46. The molecule has 1 rings (SSSR count). The van der Waals surface area contributed by atoms with E-state index in [0.717, 1.165) is 5.57 Å². The summed E-state index contributed by atoms with van der Waals surface area (Å²) >= 11 is 5.70. The van der Waals surface area contributed by atoms with Crippen LogP contribution >= 0.6 is 11.6 Å². The maximum absolute atomic E-state index is 11.8. The Morgan fingerprint density at radius 1 is 1.62 bits per heavy atom. The summed E-state index contributed by atoms with van der Waals surface area (Å²) in [4.78, 5) is 11.8. The molecule has 0 aromatic heterocycles. The van der Waals surface area contributed by atoms with Gasteiger partial charge in [-0.25, -0.2) is 0 Å². The first kappa shape index (κ1) is 13.5. The van der Waals surface area contributed by atoms with Crippen LogP contribution in [-0.2, 0) is 14.3 Å². The molecule has 0 spiro atoms. The molecular weight excluding hydrogens is 230 g/mol. The highest BCUT2D eigenvalue weighted by molar-refractivity contribution is 6.19. The van der Waals surface area contributed by atoms with Crippen LogP contribution in [0.5, 0.6) is 0 Å². The van der Waals surface area contributed by atoms with Crippen molar-refractivity contribution in [3.05, 3.63) is 12.2 Å². The molecule has 0 bridgehead atoms. The zero-order valence-corrected chi connectivity index (χ0v) is 10.5. The predicted molar refractivity (Wildman–Crippen MR) is 62.6 cm³/mol. The van der Waals surface area contributed by atoms with E-state index in [0.29, 0.717) is 25.3 Å². The number of rotatable bonds is 5. The van der Waals surface area contributed by atoms with Gasteiger partial charge in [0.1, 0.15) is 5.54 Å². The predicted octanol–water partition coefficient (Wildman–Crippen LogP) is 1.09. The fourth-order valence-electron chi connectivity index (χ4n) is 2.04. The number of alkyl halides is 1. The van der Waals surface area contributed by atoms with Crippen LogP contribution in [0.4, 0.5) is 0 Å². The fraction of sp³-hybridized carbons (Fsp3) is 0.727. The fourth-order valence-corrected chi connectivity index (χ4v) is 2.14. The topological polar surface area (TPSA) is 47.6 Å². The third kappa shape index (κ3) is 2.75. The van der Waals surface area contributed by atoms with Gasteiger partial charge in [-0.3, -0.25) is 10.1 Å². The van der Waals surface area contributed by atoms with Crippen LogP contribution in [-0.4, -0.2) is 44.3 Å². The van der Waals surface area contributed by atoms with Crippen molar-refractivity contribution in [3.8, 4) is 0 Å². The zero-order valence-electron chi connectivity index (χ0n) is 9.72. The number of hydrogen-bond donors (Lipinski definition) is 1. The van der Waals surface area contributed by atoms with Crippen LogP contribution in [0.3, 0.4) is 0 Å². The third-order valence-corrected chi connectivity index (χ3v) is 3.27. The quantitative estimate of drug-likeness (QED) is 0.449. The maximum Gasteiger partial charge on any atom is 0.326 e. The molecule has 92 valence electrons. The smallest absolute Gasteiger partial charge is 0.326 e. The number of carbonyl (C=O) groups excluding carboxylic acids is 1. The lowest BCUT2D eigenvalue weighted by molar-refractivity contribution is -0.148. The lowest BCUT2D eigenvalue weighted by atomic mass is 9.89. The first-order chi connectivity index (χ1) is 7.57. The summed E-state index contributed by atoms with van der Waals surface area (Å²) < 4.78 is 10.1. The number of carbonyl (C=O) groups is 1. The SMILES string of the molecule is C=C(CCl)CC1(C(=O)OC)C[C@@H](OC)CN1. The summed E-state index contributed by atoms with van der Waals surface area (Å²) in [6.45, 7) is 4.47. The zero-order chi connectivity index (χ0) is 12.2. The lowest BCUT2D eigenvalue weighted by Gasteiger charge is -2.26. The Labute approximate surface area is 101 Å². The van der Waals surface area contributed by atoms with Crippen molar-refractivity contribution < 1.29 is 14.3 Å². The standard InChI is InChI=1S/C11H18ClNO3/c1-8(6-12)4-11(10(14)16-3)5-9(15-2)7-13-11/h9,13H,1,4-7H2,2-3H3/t9-,11?/m1/s1. The Balaban J connectivity index is 2.78. The number of halogens is 1. The molecule has 0 aromatic rings. The van der Waals surface area contributed by atoms with Crippen molar-refractivity contribution in [2.45, 2.75) is 24.5 Å². The molecule has 0 aromatic carbocycles. The summed E-state index contributed by atoms with van der Waals surface area (Å²) in [6, 6.07) is 0. The van der Waals surface area contributed by atoms with Crippen molar-refractivity contribution in [3.63, 3.8) is 0 Å². The molecule has 1 aliphatic rings. The van der Waals surface area contributed by atoms with Crippen LogP contribution in [0.15, 0.2) is 12.2 Å². The molecule has 1 aliphatic heterocycles. The van der Waals surface area contributed by atoms with Crippen LogP contribution in [0.25, 0.3) is 0 Å². The molecule has 0 amide bonds. The van der Waals surface area contributed by atoms with E-state index in [4.69, 9.17) is 21.1 Å². The molecule has 1 unspecified atom stereocenters. The summed E-state index contributed by atoms with van der Waals surface area (Å²) in [7, 11) is 3.02. The van der Waals surface area contributed by atoms with E-state index in [1.807, 2.05) is 0 Å². The monoisotopic (exact) mass is 247 g/mol. The van der Waals surface area contributed by atoms with Gasteiger partial charge in [0.2, 0.25) is 0 Å². The Bertz CT molecular complexity index is 282. The lowest BCUT2D eigenvalue weighted by Crippen LogP contribution is -2.48. The number of hydrogen-bond acceptors (Lipinski definition) is 4. The molecule has 0 radical (unpaired) electrons. The molecule has 2 atom stereocenters. The van der Waals surface area contributed by atoms with Crippen molar-refractivity contribution in [2.75, 3.05) is 26.6 Å². The molecule has 16 heavy (non-hydrogen) atoms. The van der Waals surface area contributed by atoms with Gasteiger partial charge in [0.25, 0.3) is 0 Å². The number of ether oxygens (including phenoxy) is 2. The highest BCUT2D eigenvalue weighted by Crippen LogP contribution is 2.29. The molecule has 1 saturated heterocycles. The summed E-state index contributed by atoms with van der Waals surface area (Å²) in [5, 5.41) is 3.17. The average molecular weight is 248 g/mol. The Hall–Kier alpha value is -0.580. The van der Waals surface area contributed by atoms with E-state index in [9.17, 15) is 4.79 Å². The van der Waals surface area contributed by atoms with Crippen molar-refractivity contribution >= 4 is 17.6 Å². The first-order valence-corrected chi connectivity index (χ1v) is 5.70. The number of esters is 1. The molecule has 0 saturated carbocycles. The summed E-state index contributed by atoms with van der Waals surface area (Å²) in [6.07, 6.45) is 1.11. The van der Waals surface area contributed by atoms with Crippen LogP contribution in [0, 0.1) is 0 Å². The average Bonchev–Trinajstić information content (AvgIpc) is 2.72. The van der Waals surface area contributed by atoms with Crippen LogP contribution in [0.2, 0.25) is 0 Å². The second-order valence-electron chi connectivity index (χ2n) is 4.08. The molecule has 1 N–H and O–H groups in total. The molecule has 1 heterocycles. The minimum atomic E-state index is -0.721. The van der Waals surface area contributed by atoms with Gasteiger partial charge >= 0.3 is 5.97 Å². The second kappa shape index (κ2) is 5.66. The molecule has 5 heteroatoms. The van der Waals surface area contributed by atoms with Gasteiger partial charge < -0.3 is 9.47 Å². The van der Waals surface area contributed by atoms with E-state index in [-0.39, 0.29) is 12.1 Å². The molecule has 0 aliphatic carbocycles. The normalized spacial score (nSPS) is 29.1. The van der Waals surface area contributed by atoms with E-state index in [2.05, 4.69) is 11.9 Å². The Morgan fingerprint density at radius 3 is 2.75 bits per heavy atom. The summed E-state index contributed by atoms with van der Waals surface area (Å²) in [5.41, 5.74) is 0.0952. The highest BCUT2D eigenvalue weighted by atomic mass is 35.5. The third-order valence-electron chi connectivity index (χ3n) is 2.89. The van der Waals surface area contributed by atoms with Crippen molar-refractivity contribution in [2.24, 2.45) is 0 Å². The molecular formula is C11H18ClNO3. The largest absolute Gasteiger partial charge is 0.468 e. The first-order valence-electron chi connectivity index (χ1n) is 5.17. The van der Waals surface area contributed by atoms with Crippen LogP contribution < -0.4 is 5.32 Å². The van der Waals surface area contributed by atoms with Gasteiger partial charge in [0.05, 0.1) is 13.2 Å². The Morgan fingerprint density at radius 2 is 2.31 bits per heavy atom. The minimum absolute atomic E-state index is 0.0298. The maximum atomic E-state index is 11.8. The second-order valence-corrected chi connectivity index (χ2v) is 4.34. The number of nitrogens with one attached hydrogen (secondary N) is 1. The van der Waals surface area contributed by atoms with Gasteiger partial charge in [0.15, 0.2) is 0 Å². The van der Waals surface area contributed by atoms with Gasteiger partial charge in [0, 0.05) is 26.0 Å².